The van der Waals surface area contributed by atoms with Crippen LogP contribution in [0.3, 0.4) is 0 Å². The van der Waals surface area contributed by atoms with Gasteiger partial charge in [0.2, 0.25) is 0 Å². The molecule has 1 aromatic carbocycles. The molecular weight excluding hydrogens is 244 g/mol. The molecule has 1 aromatic rings. The molecule has 3 heteroatoms. The molecule has 0 aliphatic rings. The Bertz CT molecular complexity index is 373. The standard InChI is InChI=1S/C15H25ClN2/c1-6-14(18(4)5)15(17,11(2)3)12-7-9-13(16)10-8-12/h7-11,14H,6,17H2,1-5H3. The molecule has 0 aliphatic heterocycles. The van der Waals surface area contributed by atoms with Gasteiger partial charge in [-0.15, -0.1) is 0 Å². The van der Waals surface area contributed by atoms with Gasteiger partial charge in [-0.05, 0) is 44.1 Å². The first-order valence-electron chi connectivity index (χ1n) is 6.55. The van der Waals surface area contributed by atoms with E-state index in [4.69, 9.17) is 17.3 Å². The summed E-state index contributed by atoms with van der Waals surface area (Å²) in [5.41, 5.74) is 7.58. The topological polar surface area (TPSA) is 29.3 Å². The third kappa shape index (κ3) is 2.87. The third-order valence-corrected chi connectivity index (χ3v) is 4.11. The first-order valence-corrected chi connectivity index (χ1v) is 6.93. The average Bonchev–Trinajstić information content (AvgIpc) is 2.29. The van der Waals surface area contributed by atoms with Crippen LogP contribution in [0, 0.1) is 5.92 Å². The Hall–Kier alpha value is -0.570. The van der Waals surface area contributed by atoms with Crippen LogP contribution in [0.15, 0.2) is 24.3 Å². The summed E-state index contributed by atoms with van der Waals surface area (Å²) < 4.78 is 0. The van der Waals surface area contributed by atoms with Crippen LogP contribution in [-0.4, -0.2) is 25.0 Å². The number of rotatable bonds is 5. The number of nitrogens with two attached hydrogens (primary N) is 1. The molecule has 0 bridgehead atoms. The molecule has 18 heavy (non-hydrogen) atoms. The van der Waals surface area contributed by atoms with Gasteiger partial charge in [0.05, 0.1) is 5.54 Å². The molecule has 0 saturated heterocycles. The minimum atomic E-state index is -0.358. The minimum Gasteiger partial charge on any atom is -0.320 e. The number of hydrogen-bond donors (Lipinski definition) is 1. The van der Waals surface area contributed by atoms with Gasteiger partial charge in [-0.3, -0.25) is 0 Å². The lowest BCUT2D eigenvalue weighted by molar-refractivity contribution is 0.127. The zero-order chi connectivity index (χ0) is 13.9. The molecule has 1 rings (SSSR count). The molecule has 0 aliphatic carbocycles. The molecule has 0 saturated carbocycles. The lowest BCUT2D eigenvalue weighted by Gasteiger charge is -2.44. The fourth-order valence-corrected chi connectivity index (χ4v) is 2.91. The van der Waals surface area contributed by atoms with Crippen molar-refractivity contribution in [3.8, 4) is 0 Å². The van der Waals surface area contributed by atoms with Crippen molar-refractivity contribution >= 4 is 11.6 Å². The van der Waals surface area contributed by atoms with Crippen molar-refractivity contribution in [1.82, 2.24) is 4.90 Å². The van der Waals surface area contributed by atoms with Gasteiger partial charge in [0, 0.05) is 11.1 Å². The van der Waals surface area contributed by atoms with E-state index in [1.807, 2.05) is 12.1 Å². The first kappa shape index (κ1) is 15.5. The van der Waals surface area contributed by atoms with Crippen LogP contribution in [0.4, 0.5) is 0 Å². The van der Waals surface area contributed by atoms with Crippen LogP contribution in [0.1, 0.15) is 32.8 Å². The quantitative estimate of drug-likeness (QED) is 0.886. The molecule has 0 radical (unpaired) electrons. The number of halogens is 1. The Morgan fingerprint density at radius 3 is 2.06 bits per heavy atom. The van der Waals surface area contributed by atoms with Gasteiger partial charge >= 0.3 is 0 Å². The Balaban J connectivity index is 3.26. The number of benzene rings is 1. The Labute approximate surface area is 116 Å². The summed E-state index contributed by atoms with van der Waals surface area (Å²) in [5, 5.41) is 0.753. The van der Waals surface area contributed by atoms with E-state index >= 15 is 0 Å². The van der Waals surface area contributed by atoms with E-state index in [9.17, 15) is 0 Å². The molecule has 2 N–H and O–H groups in total. The van der Waals surface area contributed by atoms with E-state index in [0.29, 0.717) is 12.0 Å². The summed E-state index contributed by atoms with van der Waals surface area (Å²) in [6, 6.07) is 8.24. The summed E-state index contributed by atoms with van der Waals surface area (Å²) in [4.78, 5) is 2.22. The minimum absolute atomic E-state index is 0.304. The molecule has 0 fully saturated rings. The lowest BCUT2D eigenvalue weighted by Crippen LogP contribution is -2.57. The van der Waals surface area contributed by atoms with Gasteiger partial charge in [0.15, 0.2) is 0 Å². The van der Waals surface area contributed by atoms with Crippen molar-refractivity contribution in [2.24, 2.45) is 11.7 Å². The smallest absolute Gasteiger partial charge is 0.0590 e. The van der Waals surface area contributed by atoms with Crippen molar-refractivity contribution < 1.29 is 0 Å². The lowest BCUT2D eigenvalue weighted by atomic mass is 9.73. The predicted molar refractivity (Wildman–Crippen MR) is 79.9 cm³/mol. The van der Waals surface area contributed by atoms with Crippen LogP contribution >= 0.6 is 11.6 Å². The van der Waals surface area contributed by atoms with E-state index < -0.39 is 0 Å². The first-order chi connectivity index (χ1) is 8.33. The Morgan fingerprint density at radius 2 is 1.72 bits per heavy atom. The predicted octanol–water partition coefficient (Wildman–Crippen LogP) is 3.49. The molecule has 2 atom stereocenters. The highest BCUT2D eigenvalue weighted by molar-refractivity contribution is 6.30. The van der Waals surface area contributed by atoms with Crippen LogP contribution in [0.5, 0.6) is 0 Å². The second-order valence-electron chi connectivity index (χ2n) is 5.48. The van der Waals surface area contributed by atoms with Crippen LogP contribution in [0.25, 0.3) is 0 Å². The molecule has 0 aromatic heterocycles. The summed E-state index contributed by atoms with van der Waals surface area (Å²) in [6.45, 7) is 6.55. The monoisotopic (exact) mass is 268 g/mol. The molecular formula is C15H25ClN2. The van der Waals surface area contributed by atoms with E-state index in [2.05, 4.69) is 51.9 Å². The van der Waals surface area contributed by atoms with Gasteiger partial charge in [-0.1, -0.05) is 44.5 Å². The van der Waals surface area contributed by atoms with Crippen molar-refractivity contribution in [3.05, 3.63) is 34.9 Å². The summed E-state index contributed by atoms with van der Waals surface area (Å²) in [7, 11) is 4.18. The third-order valence-electron chi connectivity index (χ3n) is 3.86. The molecule has 2 unspecified atom stereocenters. The number of likely N-dealkylation sites (N-methyl/N-ethyl adjacent to an activating group) is 1. The second kappa shape index (κ2) is 6.05. The highest BCUT2D eigenvalue weighted by Crippen LogP contribution is 2.34. The van der Waals surface area contributed by atoms with E-state index in [0.717, 1.165) is 17.0 Å². The van der Waals surface area contributed by atoms with Crippen molar-refractivity contribution in [3.63, 3.8) is 0 Å². The maximum Gasteiger partial charge on any atom is 0.0590 e. The molecule has 0 amide bonds. The summed E-state index contributed by atoms with van der Waals surface area (Å²) >= 11 is 5.97. The Morgan fingerprint density at radius 1 is 1.22 bits per heavy atom. The normalized spacial score (nSPS) is 16.9. The van der Waals surface area contributed by atoms with Gasteiger partial charge in [0.25, 0.3) is 0 Å². The van der Waals surface area contributed by atoms with Crippen molar-refractivity contribution in [2.75, 3.05) is 14.1 Å². The number of nitrogens with zero attached hydrogens (tertiary/aromatic N) is 1. The fraction of sp³-hybridized carbons (Fsp3) is 0.600. The maximum atomic E-state index is 6.78. The van der Waals surface area contributed by atoms with Crippen molar-refractivity contribution in [1.29, 1.82) is 0 Å². The van der Waals surface area contributed by atoms with E-state index in [1.54, 1.807) is 0 Å². The van der Waals surface area contributed by atoms with E-state index in [1.165, 1.54) is 0 Å². The highest BCUT2D eigenvalue weighted by Gasteiger charge is 2.39. The molecule has 0 heterocycles. The van der Waals surface area contributed by atoms with Crippen LogP contribution < -0.4 is 5.73 Å². The maximum absolute atomic E-state index is 6.78. The SMILES string of the molecule is CCC(N(C)C)C(N)(c1ccc(Cl)cc1)C(C)C. The second-order valence-corrected chi connectivity index (χ2v) is 5.92. The highest BCUT2D eigenvalue weighted by atomic mass is 35.5. The molecule has 0 spiro atoms. The van der Waals surface area contributed by atoms with Crippen molar-refractivity contribution in [2.45, 2.75) is 38.8 Å². The molecule has 102 valence electrons. The number of hydrogen-bond acceptors (Lipinski definition) is 2. The zero-order valence-electron chi connectivity index (χ0n) is 12.1. The fourth-order valence-electron chi connectivity index (χ4n) is 2.78. The molecule has 2 nitrogen and oxygen atoms in total. The van der Waals surface area contributed by atoms with Gasteiger partial charge in [-0.25, -0.2) is 0 Å². The van der Waals surface area contributed by atoms with Crippen LogP contribution in [-0.2, 0) is 5.54 Å². The van der Waals surface area contributed by atoms with Crippen LogP contribution in [0.2, 0.25) is 5.02 Å². The van der Waals surface area contributed by atoms with Gasteiger partial charge < -0.3 is 10.6 Å². The summed E-state index contributed by atoms with van der Waals surface area (Å²) in [6.07, 6.45) is 1.02. The average molecular weight is 269 g/mol. The summed E-state index contributed by atoms with van der Waals surface area (Å²) in [5.74, 6) is 0.353. The largest absolute Gasteiger partial charge is 0.320 e. The van der Waals surface area contributed by atoms with Gasteiger partial charge in [-0.2, -0.15) is 0 Å². The zero-order valence-corrected chi connectivity index (χ0v) is 12.8. The Kier molecular flexibility index (Phi) is 5.20. The van der Waals surface area contributed by atoms with E-state index in [-0.39, 0.29) is 5.54 Å². The van der Waals surface area contributed by atoms with Gasteiger partial charge in [0.1, 0.15) is 0 Å².